The normalized spacial score (nSPS) is 17.6. The number of rotatable bonds is 4. The van der Waals surface area contributed by atoms with Gasteiger partial charge in [-0.1, -0.05) is 0 Å². The summed E-state index contributed by atoms with van der Waals surface area (Å²) < 4.78 is 4.99. The molecule has 2 aromatic heterocycles. The third-order valence-corrected chi connectivity index (χ3v) is 5.10. The molecule has 5 nitrogen and oxygen atoms in total. The summed E-state index contributed by atoms with van der Waals surface area (Å²) in [5, 5.41) is 13.7. The molecule has 6 heteroatoms. The van der Waals surface area contributed by atoms with E-state index in [0.717, 1.165) is 16.3 Å². The van der Waals surface area contributed by atoms with Gasteiger partial charge in [-0.25, -0.2) is 4.98 Å². The molecule has 0 aliphatic carbocycles. The number of thiazole rings is 1. The Bertz CT molecular complexity index is 628. The lowest BCUT2D eigenvalue weighted by Crippen LogP contribution is -2.48. The lowest BCUT2D eigenvalue weighted by molar-refractivity contribution is -0.134. The van der Waals surface area contributed by atoms with Crippen molar-refractivity contribution in [3.05, 3.63) is 40.2 Å². The molecule has 0 saturated carbocycles. The van der Waals surface area contributed by atoms with Crippen molar-refractivity contribution in [3.63, 3.8) is 0 Å². The zero-order valence-corrected chi connectivity index (χ0v) is 13.4. The second-order valence-corrected chi connectivity index (χ2v) is 6.92. The van der Waals surface area contributed by atoms with E-state index in [1.807, 2.05) is 23.3 Å². The highest BCUT2D eigenvalue weighted by Gasteiger charge is 2.34. The Hall–Kier alpha value is -1.66. The van der Waals surface area contributed by atoms with Crippen molar-refractivity contribution < 1.29 is 14.3 Å². The average Bonchev–Trinajstić information content (AvgIpc) is 3.11. The van der Waals surface area contributed by atoms with Crippen molar-refractivity contribution in [3.8, 4) is 0 Å². The van der Waals surface area contributed by atoms with Gasteiger partial charge < -0.3 is 14.4 Å². The minimum Gasteiger partial charge on any atom is -0.472 e. The van der Waals surface area contributed by atoms with Crippen LogP contribution in [0.1, 0.15) is 29.1 Å². The number of aliphatic hydroxyl groups is 1. The molecular formula is C16H20N2O3S. The molecule has 1 amide bonds. The van der Waals surface area contributed by atoms with Gasteiger partial charge in [0, 0.05) is 30.6 Å². The smallest absolute Gasteiger partial charge is 0.227 e. The number of carbonyl (C=O) groups excluding carboxylic acids is 1. The van der Waals surface area contributed by atoms with Gasteiger partial charge in [0.05, 0.1) is 29.6 Å². The summed E-state index contributed by atoms with van der Waals surface area (Å²) in [5.74, 6) is 0.0912. The predicted octanol–water partition coefficient (Wildman–Crippen LogP) is 2.18. The number of hydrogen-bond acceptors (Lipinski definition) is 5. The number of aryl methyl sites for hydroxylation is 1. The maximum atomic E-state index is 12.2. The van der Waals surface area contributed by atoms with Crippen molar-refractivity contribution in [2.75, 3.05) is 13.1 Å². The fourth-order valence-electron chi connectivity index (χ4n) is 2.79. The highest BCUT2D eigenvalue weighted by molar-refractivity contribution is 7.09. The van der Waals surface area contributed by atoms with E-state index in [1.165, 1.54) is 0 Å². The number of aromatic nitrogens is 1. The van der Waals surface area contributed by atoms with Gasteiger partial charge in [0.2, 0.25) is 5.91 Å². The monoisotopic (exact) mass is 320 g/mol. The molecule has 1 aliphatic rings. The fraction of sp³-hybridized carbons (Fsp3) is 0.500. The SMILES string of the molecule is Cc1csc(CC2(O)CCN(C(=O)Cc3ccoc3)CC2)n1. The predicted molar refractivity (Wildman–Crippen MR) is 83.7 cm³/mol. The van der Waals surface area contributed by atoms with E-state index in [9.17, 15) is 9.90 Å². The summed E-state index contributed by atoms with van der Waals surface area (Å²) in [6.07, 6.45) is 5.32. The Labute approximate surface area is 133 Å². The number of piperidine rings is 1. The molecule has 0 aromatic carbocycles. The van der Waals surface area contributed by atoms with E-state index in [-0.39, 0.29) is 5.91 Å². The summed E-state index contributed by atoms with van der Waals surface area (Å²) in [4.78, 5) is 18.5. The quantitative estimate of drug-likeness (QED) is 0.938. The van der Waals surface area contributed by atoms with Crippen LogP contribution in [0.4, 0.5) is 0 Å². The summed E-state index contributed by atoms with van der Waals surface area (Å²) in [6.45, 7) is 3.15. The molecule has 0 atom stereocenters. The highest BCUT2D eigenvalue weighted by Crippen LogP contribution is 2.28. The molecule has 0 radical (unpaired) electrons. The van der Waals surface area contributed by atoms with Gasteiger partial charge in [-0.3, -0.25) is 4.79 Å². The van der Waals surface area contributed by atoms with E-state index in [1.54, 1.807) is 23.9 Å². The first kappa shape index (κ1) is 15.2. The summed E-state index contributed by atoms with van der Waals surface area (Å²) in [6, 6.07) is 1.81. The number of hydrogen-bond donors (Lipinski definition) is 1. The Morgan fingerprint density at radius 2 is 2.27 bits per heavy atom. The Balaban J connectivity index is 1.54. The standard InChI is InChI=1S/C16H20N2O3S/c1-12-11-22-14(17-12)9-16(20)3-5-18(6-4-16)15(19)8-13-2-7-21-10-13/h2,7,10-11,20H,3-6,8-9H2,1H3. The van der Waals surface area contributed by atoms with E-state index < -0.39 is 5.60 Å². The van der Waals surface area contributed by atoms with Gasteiger partial charge >= 0.3 is 0 Å². The lowest BCUT2D eigenvalue weighted by atomic mass is 9.88. The summed E-state index contributed by atoms with van der Waals surface area (Å²) in [5.41, 5.74) is 1.15. The molecule has 0 bridgehead atoms. The number of nitrogens with zero attached hydrogens (tertiary/aromatic N) is 2. The van der Waals surface area contributed by atoms with E-state index in [4.69, 9.17) is 4.42 Å². The number of carbonyl (C=O) groups is 1. The first-order valence-electron chi connectivity index (χ1n) is 7.46. The molecule has 0 unspecified atom stereocenters. The summed E-state index contributed by atoms with van der Waals surface area (Å²) in [7, 11) is 0. The maximum absolute atomic E-state index is 12.2. The molecule has 22 heavy (non-hydrogen) atoms. The Morgan fingerprint density at radius 3 is 2.86 bits per heavy atom. The minimum absolute atomic E-state index is 0.0912. The molecule has 1 aliphatic heterocycles. The van der Waals surface area contributed by atoms with Crippen LogP contribution in [0.5, 0.6) is 0 Å². The molecule has 0 spiro atoms. The van der Waals surface area contributed by atoms with Crippen LogP contribution in [0.25, 0.3) is 0 Å². The van der Waals surface area contributed by atoms with Gasteiger partial charge in [-0.2, -0.15) is 0 Å². The van der Waals surface area contributed by atoms with Gasteiger partial charge in [0.15, 0.2) is 0 Å². The third-order valence-electron chi connectivity index (χ3n) is 4.13. The van der Waals surface area contributed by atoms with Crippen LogP contribution in [0.2, 0.25) is 0 Å². The first-order valence-corrected chi connectivity index (χ1v) is 8.34. The van der Waals surface area contributed by atoms with Crippen LogP contribution < -0.4 is 0 Å². The molecule has 3 rings (SSSR count). The van der Waals surface area contributed by atoms with Crippen LogP contribution in [-0.4, -0.2) is 39.6 Å². The Kier molecular flexibility index (Phi) is 4.31. The molecule has 1 fully saturated rings. The van der Waals surface area contributed by atoms with Gasteiger partial charge in [0.1, 0.15) is 0 Å². The van der Waals surface area contributed by atoms with Crippen LogP contribution >= 0.6 is 11.3 Å². The summed E-state index contributed by atoms with van der Waals surface area (Å²) >= 11 is 1.59. The topological polar surface area (TPSA) is 66.6 Å². The zero-order valence-electron chi connectivity index (χ0n) is 12.6. The van der Waals surface area contributed by atoms with Crippen molar-refractivity contribution in [2.24, 2.45) is 0 Å². The van der Waals surface area contributed by atoms with Crippen LogP contribution in [0.15, 0.2) is 28.4 Å². The molecule has 118 valence electrons. The van der Waals surface area contributed by atoms with Crippen LogP contribution in [0, 0.1) is 6.92 Å². The third kappa shape index (κ3) is 3.56. The fourth-order valence-corrected chi connectivity index (χ4v) is 3.70. The van der Waals surface area contributed by atoms with Crippen LogP contribution in [-0.2, 0) is 17.6 Å². The van der Waals surface area contributed by atoms with E-state index >= 15 is 0 Å². The zero-order chi connectivity index (χ0) is 15.6. The van der Waals surface area contributed by atoms with Gasteiger partial charge in [-0.15, -0.1) is 11.3 Å². The largest absolute Gasteiger partial charge is 0.472 e. The van der Waals surface area contributed by atoms with Gasteiger partial charge in [0.25, 0.3) is 0 Å². The second kappa shape index (κ2) is 6.22. The van der Waals surface area contributed by atoms with Gasteiger partial charge in [-0.05, 0) is 31.4 Å². The second-order valence-electron chi connectivity index (χ2n) is 5.97. The number of likely N-dealkylation sites (tertiary alicyclic amines) is 1. The molecular weight excluding hydrogens is 300 g/mol. The molecule has 1 saturated heterocycles. The average molecular weight is 320 g/mol. The number of furan rings is 1. The van der Waals surface area contributed by atoms with Crippen LogP contribution in [0.3, 0.4) is 0 Å². The molecule has 2 aromatic rings. The first-order chi connectivity index (χ1) is 10.5. The molecule has 3 heterocycles. The lowest BCUT2D eigenvalue weighted by Gasteiger charge is -2.37. The van der Waals surface area contributed by atoms with E-state index in [2.05, 4.69) is 4.98 Å². The maximum Gasteiger partial charge on any atom is 0.227 e. The Morgan fingerprint density at radius 1 is 1.50 bits per heavy atom. The minimum atomic E-state index is -0.739. The van der Waals surface area contributed by atoms with E-state index in [0.29, 0.717) is 38.8 Å². The highest BCUT2D eigenvalue weighted by atomic mass is 32.1. The van der Waals surface area contributed by atoms with Crippen molar-refractivity contribution in [1.29, 1.82) is 0 Å². The number of amides is 1. The molecule has 1 N–H and O–H groups in total. The van der Waals surface area contributed by atoms with Crippen molar-refractivity contribution in [2.45, 2.75) is 38.2 Å². The van der Waals surface area contributed by atoms with Crippen molar-refractivity contribution in [1.82, 2.24) is 9.88 Å². The van der Waals surface area contributed by atoms with Crippen molar-refractivity contribution >= 4 is 17.2 Å².